The first kappa shape index (κ1) is 42.3. The molecule has 24 heteroatoms. The van der Waals surface area contributed by atoms with E-state index in [2.05, 4.69) is 0 Å². The van der Waals surface area contributed by atoms with E-state index in [1.54, 1.807) is 41.5 Å². The number of fused-ring (bicyclic) bond motifs is 18. The van der Waals surface area contributed by atoms with Crippen molar-refractivity contribution in [1.29, 1.82) is 0 Å². The lowest BCUT2D eigenvalue weighted by molar-refractivity contribution is -0.130. The summed E-state index contributed by atoms with van der Waals surface area (Å²) >= 11 is 0. The number of rotatable bonds is 27. The first-order chi connectivity index (χ1) is 101. The molecule has 0 bridgehead atoms. The molecule has 15 atom stereocenters. The van der Waals surface area contributed by atoms with Crippen LogP contribution < -0.4 is 56.8 Å². The fourth-order valence-electron chi connectivity index (χ4n) is 15.9. The smallest absolute Gasteiger partial charge is 0.161 e. The lowest BCUT2D eigenvalue weighted by atomic mass is 9.79. The van der Waals surface area contributed by atoms with Crippen LogP contribution in [0.1, 0.15) is 401 Å². The summed E-state index contributed by atoms with van der Waals surface area (Å²) in [6.07, 6.45) is -53.4. The van der Waals surface area contributed by atoms with E-state index in [4.69, 9.17) is 172 Å². The number of nitrogens with zero attached hydrogens (tertiary/aromatic N) is 6. The maximum Gasteiger partial charge on any atom is 0.161 e. The summed E-state index contributed by atoms with van der Waals surface area (Å²) < 4.78 is 781. The second kappa shape index (κ2) is 50.0. The molecule has 6 fully saturated rings. The van der Waals surface area contributed by atoms with Gasteiger partial charge in [0.25, 0.3) is 0 Å². The molecule has 0 aliphatic carbocycles. The molecule has 6 aromatic rings. The van der Waals surface area contributed by atoms with Crippen LogP contribution in [0.2, 0.25) is 0 Å². The van der Waals surface area contributed by atoms with Crippen molar-refractivity contribution in [2.45, 2.75) is 253 Å². The zero-order chi connectivity index (χ0) is 178. The van der Waals surface area contributed by atoms with E-state index in [0.717, 1.165) is 102 Å². The summed E-state index contributed by atoms with van der Waals surface area (Å²) in [4.78, 5) is 82.4. The summed E-state index contributed by atoms with van der Waals surface area (Å²) in [6, 6.07) is -6.60. The van der Waals surface area contributed by atoms with Crippen LogP contribution in [0.5, 0.6) is 69.0 Å². The molecule has 24 nitrogen and oxygen atoms in total. The summed E-state index contributed by atoms with van der Waals surface area (Å²) in [7, 11) is -11.5. The minimum atomic E-state index is -4.13. The van der Waals surface area contributed by atoms with Gasteiger partial charge in [-0.1, -0.05) is 102 Å². The van der Waals surface area contributed by atoms with Gasteiger partial charge in [-0.2, -0.15) is 0 Å². The Morgan fingerprint density at radius 1 is 0.305 bits per heavy atom. The van der Waals surface area contributed by atoms with Crippen molar-refractivity contribution >= 4 is 34.7 Å². The number of methoxy groups -OCH3 is 12. The summed E-state index contributed by atoms with van der Waals surface area (Å²) in [6.45, 7) is -32.5. The van der Waals surface area contributed by atoms with Crippen molar-refractivity contribution in [3.05, 3.63) is 140 Å². The van der Waals surface area contributed by atoms with Crippen LogP contribution in [0.3, 0.4) is 0 Å². The average molecular weight is 2030 g/mol. The van der Waals surface area contributed by atoms with Crippen LogP contribution in [0.4, 0.5) is 0 Å². The summed E-state index contributed by atoms with van der Waals surface area (Å²) in [5.74, 6) is -40.5. The summed E-state index contributed by atoms with van der Waals surface area (Å²) in [5, 5.41) is 0. The van der Waals surface area contributed by atoms with Crippen molar-refractivity contribution < 1.29 is 205 Å². The third-order valence-electron chi connectivity index (χ3n) is 22.8. The van der Waals surface area contributed by atoms with Gasteiger partial charge in [0.05, 0.1) is 118 Å². The molecule has 6 saturated heterocycles. The third kappa shape index (κ3) is 25.6. The number of carbonyl (C=O) groups is 6. The van der Waals surface area contributed by atoms with Gasteiger partial charge in [-0.15, -0.1) is 0 Å². The number of benzene rings is 6. The van der Waals surface area contributed by atoms with Crippen molar-refractivity contribution in [3.63, 3.8) is 0 Å². The van der Waals surface area contributed by atoms with Crippen molar-refractivity contribution in [2.24, 2.45) is 70.9 Å². The normalized spacial score (nSPS) is 46.9. The van der Waals surface area contributed by atoms with Crippen LogP contribution in [0, 0.1) is 70.9 Å². The van der Waals surface area contributed by atoms with E-state index < -0.39 is 477 Å². The number of aryl methyl sites for hydroxylation is 6. The molecular formula is C117H168N6O18. The Morgan fingerprint density at radius 3 is 0.894 bits per heavy atom. The van der Waals surface area contributed by atoms with Crippen LogP contribution in [0.25, 0.3) is 0 Å². The van der Waals surface area contributed by atoms with Gasteiger partial charge in [-0.25, -0.2) is 0 Å². The number of hydrogen-bond acceptors (Lipinski definition) is 24. The highest BCUT2D eigenvalue weighted by molar-refractivity contribution is 5.86. The van der Waals surface area contributed by atoms with Gasteiger partial charge >= 0.3 is 0 Å². The minimum Gasteiger partial charge on any atom is -0.493 e. The Hall–Kier alpha value is -9.30. The predicted molar refractivity (Wildman–Crippen MR) is 555 cm³/mol. The number of ketones is 6. The molecule has 12 heterocycles. The van der Waals surface area contributed by atoms with Crippen LogP contribution in [0.15, 0.2) is 72.8 Å². The first-order valence-electron chi connectivity index (χ1n) is 87.1. The van der Waals surface area contributed by atoms with Gasteiger partial charge in [-0.3, -0.25) is 58.2 Å². The second-order valence-electron chi connectivity index (χ2n) is 33.4. The van der Waals surface area contributed by atoms with E-state index in [0.29, 0.717) is 41.5 Å². The van der Waals surface area contributed by atoms with Crippen molar-refractivity contribution in [1.82, 2.24) is 29.4 Å². The number of carbonyl (C=O) groups excluding carboxylic acids is 6. The van der Waals surface area contributed by atoms with E-state index in [1.807, 2.05) is 0 Å². The lowest BCUT2D eigenvalue weighted by Gasteiger charge is -2.43. The summed E-state index contributed by atoms with van der Waals surface area (Å²) in [5.41, 5.74) is -6.56. The molecule has 12 aliphatic rings. The molecule has 0 N–H and O–H groups in total. The van der Waals surface area contributed by atoms with E-state index in [1.165, 1.54) is 7.11 Å². The topological polar surface area (TPSA) is 233 Å². The largest absolute Gasteiger partial charge is 0.493 e. The van der Waals surface area contributed by atoms with Gasteiger partial charge in [0.1, 0.15) is 34.7 Å². The fourth-order valence-corrected chi connectivity index (χ4v) is 15.9. The average Bonchev–Trinajstić information content (AvgIpc) is 0.659. The predicted octanol–water partition coefficient (Wildman–Crippen LogP) is 20.6. The Balaban J connectivity index is 0.000000217. The monoisotopic (exact) mass is 2030 g/mol. The van der Waals surface area contributed by atoms with Gasteiger partial charge in [0.2, 0.25) is 0 Å². The van der Waals surface area contributed by atoms with Crippen LogP contribution in [-0.2, 0) is 67.0 Å². The maximum atomic E-state index is 13.9. The molecular weight excluding hydrogens is 1780 g/mol. The number of Topliss-reactive ketones (excluding diaryl/α,β-unsaturated/α-hetero) is 6. The molecule has 141 heavy (non-hydrogen) atoms. The Labute approximate surface area is 964 Å². The molecule has 0 saturated carbocycles. The zero-order valence-corrected chi connectivity index (χ0v) is 79.3. The molecule has 0 aromatic heterocycles. The molecule has 0 spiro atoms. The van der Waals surface area contributed by atoms with Crippen LogP contribution >= 0.6 is 0 Å². The Bertz CT molecular complexity index is 9520. The molecule has 0 radical (unpaired) electrons. The van der Waals surface area contributed by atoms with Gasteiger partial charge in [-0.05, 0) is 252 Å². The van der Waals surface area contributed by atoms with Gasteiger partial charge < -0.3 is 56.8 Å². The van der Waals surface area contributed by atoms with E-state index >= 15 is 0 Å². The molecule has 0 amide bonds. The zero-order valence-electron chi connectivity index (χ0n) is 166. The first-order valence-corrected chi connectivity index (χ1v) is 43.6. The minimum absolute atomic E-state index is 0.00528. The fraction of sp³-hybridized carbons (Fsp3) is 0.641. The van der Waals surface area contributed by atoms with Gasteiger partial charge in [0, 0.05) is 274 Å². The van der Waals surface area contributed by atoms with Crippen molar-refractivity contribution in [3.8, 4) is 69.0 Å². The van der Waals surface area contributed by atoms with Crippen LogP contribution in [-0.4, -0.2) is 227 Å². The Kier molecular flexibility index (Phi) is 15.0. The van der Waals surface area contributed by atoms with Crippen molar-refractivity contribution in [2.75, 3.05) is 163 Å². The molecule has 15 unspecified atom stereocenters. The molecule has 12 aliphatic heterocycles. The number of piperidine rings is 6. The highest BCUT2D eigenvalue weighted by atomic mass is 16.5. The number of ether oxygens (including phenoxy) is 12. The third-order valence-corrected chi connectivity index (χ3v) is 22.8. The van der Waals surface area contributed by atoms with Gasteiger partial charge in [0.15, 0.2) is 69.0 Å². The standard InChI is InChI=1S/3C20H29NO3.3C19H27NO3/c3*1-5-13(2)8-15-12-21-7-6-14-9-19(23-3)20(24-4)10-16(14)17(21)11-18(15)22;3*1-12(2)7-14-11-20-6-5-13-8-18(22-3)19(23-4)9-15(13)16(20)10-17(14)21/h3*9-10,13,15,17H,5-8,11-12H2,1-4H3;3*8-9,12,14,16H,5-7,10-11H2,1-4H3/i2D3,4D3,5D2,6D2,7D2,8D2,11D2,13D,15D,17D;2D3,4D3,5D2,6D2,7D2,8D2,12D2,13D,17D;2D3,4D3,5D2,6D2,7D2,8D2,13D,17D;4D3,5D2,6D2,10D2,11D2,14D,16D;4D3,5D2,6D2,10D2,14D,16D;4D3,5D2,6D2,11D2,16D. The number of hydrogen-bond donors (Lipinski definition) is 0. The molecule has 774 valence electrons. The Morgan fingerprint density at radius 2 is 0.560 bits per heavy atom. The molecule has 18 rings (SSSR count). The maximum absolute atomic E-state index is 13.9. The highest BCUT2D eigenvalue weighted by Crippen LogP contribution is 2.51. The van der Waals surface area contributed by atoms with E-state index in [9.17, 15) is 32.9 Å². The quantitative estimate of drug-likeness (QED) is 0.0466. The SMILES string of the molecule is [2H]C([2H])([2H])Oc1cc2c(cc1OC)C([2H])([2H])C([2H])([2H])N1C([2H])([2H])C([2H])(CC(C)C)C(=O)C([2H])([2H])C21[2H].[2H]C([2H])([2H])Oc1cc2c(cc1OC)C([2H])([2H])C([2H])([2H])N1C2([2H])CC(=O)C(C([2H])([2H])C([2H])(C([2H])([2H])[2H])C([2H])([2H])C)C1([2H])[2H].[2H]C([2H])([2H])Oc1cc2c(cc1OC)C([2H])([2H])C([2H])([2H])N1C2([2H])CC(=O)C(CC(C)C)C1([2H])[2H].[2H]C([2H])([2H])Oc1cc2c(cc1OC)C([2H])([2H])C([2H])([2H])N1CC(C([2H])([2H])C([2H])(C([2H])([2H])[2H])C([2H])([2H])C)C(=O)CC21[2H].[2H]C([2H])([2H])Oc1cc2c(cc1OC)C([2H])([2H])C([2H])([2H])N1CC([2H])(C([2H])([2H])C([2H])(C([2H])([2H])[2H])C([2H])([2H])C)C(=O)C([2H])([2H])C21[2H].[2H]C([2H])([2H])Oc1cc2c(cc1OC)C([2H])([2H])C([2H])([2H])N1CC([2H])(CC(C)C)C(=O)C([2H])([2H])C21[2H]. The van der Waals surface area contributed by atoms with E-state index in [-0.39, 0.29) is 90.6 Å². The lowest BCUT2D eigenvalue weighted by Crippen LogP contribution is -2.46. The molecule has 6 aromatic carbocycles. The highest BCUT2D eigenvalue weighted by Gasteiger charge is 2.47. The second-order valence-corrected chi connectivity index (χ2v) is 33.4.